The summed E-state index contributed by atoms with van der Waals surface area (Å²) in [6.45, 7) is 1.92. The number of hydrogen-bond donors (Lipinski definition) is 2. The summed E-state index contributed by atoms with van der Waals surface area (Å²) in [6, 6.07) is 0.157. The molecule has 1 aliphatic carbocycles. The van der Waals surface area contributed by atoms with Gasteiger partial charge in [0.2, 0.25) is 10.0 Å². The Morgan fingerprint density at radius 3 is 2.74 bits per heavy atom. The Hall–Kier alpha value is -0.960. The quantitative estimate of drug-likeness (QED) is 0.832. The molecule has 2 heterocycles. The standard InChI is InChI=1S/C15H26N4O3S/c16-9-12-3-1-2-4-15(12)18-23(20,21)14-10-17-19(11-14)13-5-7-22-8-6-13/h10-13,15,18H,1-9,16H2/t12-,15-/m0/s1. The highest BCUT2D eigenvalue weighted by molar-refractivity contribution is 7.89. The summed E-state index contributed by atoms with van der Waals surface area (Å²) >= 11 is 0. The second-order valence-corrected chi connectivity index (χ2v) is 8.22. The van der Waals surface area contributed by atoms with Crippen LogP contribution < -0.4 is 10.5 Å². The first-order valence-electron chi connectivity index (χ1n) is 8.44. The van der Waals surface area contributed by atoms with E-state index in [-0.39, 0.29) is 22.9 Å². The van der Waals surface area contributed by atoms with E-state index in [1.165, 1.54) is 6.20 Å². The van der Waals surface area contributed by atoms with Crippen molar-refractivity contribution >= 4 is 10.0 Å². The van der Waals surface area contributed by atoms with Gasteiger partial charge < -0.3 is 10.5 Å². The maximum atomic E-state index is 12.6. The normalized spacial score (nSPS) is 27.2. The molecule has 0 bridgehead atoms. The Morgan fingerprint density at radius 2 is 2.00 bits per heavy atom. The van der Waals surface area contributed by atoms with Crippen LogP contribution in [0.3, 0.4) is 0 Å². The van der Waals surface area contributed by atoms with Crippen molar-refractivity contribution in [3.8, 4) is 0 Å². The van der Waals surface area contributed by atoms with Crippen molar-refractivity contribution in [2.45, 2.75) is 55.5 Å². The Kier molecular flexibility index (Phi) is 5.35. The third-order valence-corrected chi connectivity index (χ3v) is 6.42. The van der Waals surface area contributed by atoms with Gasteiger partial charge in [0.1, 0.15) is 4.90 Å². The van der Waals surface area contributed by atoms with Crippen LogP contribution in [-0.2, 0) is 14.8 Å². The minimum atomic E-state index is -3.54. The molecule has 2 fully saturated rings. The van der Waals surface area contributed by atoms with Crippen molar-refractivity contribution in [1.82, 2.24) is 14.5 Å². The second kappa shape index (κ2) is 7.29. The maximum absolute atomic E-state index is 12.6. The van der Waals surface area contributed by atoms with Crippen molar-refractivity contribution < 1.29 is 13.2 Å². The summed E-state index contributed by atoms with van der Waals surface area (Å²) in [5.74, 6) is 0.226. The van der Waals surface area contributed by atoms with Gasteiger partial charge in [0, 0.05) is 25.5 Å². The van der Waals surface area contributed by atoms with Gasteiger partial charge in [0.05, 0.1) is 12.2 Å². The minimum absolute atomic E-state index is 0.0646. The largest absolute Gasteiger partial charge is 0.381 e. The molecule has 1 aromatic heterocycles. The van der Waals surface area contributed by atoms with Crippen LogP contribution in [0.1, 0.15) is 44.6 Å². The Labute approximate surface area is 137 Å². The summed E-state index contributed by atoms with van der Waals surface area (Å²) in [5, 5.41) is 4.26. The molecule has 2 atom stereocenters. The number of nitrogens with one attached hydrogen (secondary N) is 1. The van der Waals surface area contributed by atoms with Gasteiger partial charge in [-0.15, -0.1) is 0 Å². The maximum Gasteiger partial charge on any atom is 0.243 e. The minimum Gasteiger partial charge on any atom is -0.381 e. The van der Waals surface area contributed by atoms with Crippen LogP contribution >= 0.6 is 0 Å². The highest BCUT2D eigenvalue weighted by atomic mass is 32.2. The molecule has 3 rings (SSSR count). The van der Waals surface area contributed by atoms with E-state index in [0.717, 1.165) is 38.5 Å². The van der Waals surface area contributed by atoms with E-state index in [2.05, 4.69) is 9.82 Å². The molecule has 0 spiro atoms. The highest BCUT2D eigenvalue weighted by Gasteiger charge is 2.29. The van der Waals surface area contributed by atoms with Crippen LogP contribution in [0.5, 0.6) is 0 Å². The molecule has 0 amide bonds. The zero-order chi connectivity index (χ0) is 16.3. The van der Waals surface area contributed by atoms with Gasteiger partial charge in [-0.1, -0.05) is 12.8 Å². The second-order valence-electron chi connectivity index (χ2n) is 6.51. The Bertz CT molecular complexity index is 610. The molecule has 23 heavy (non-hydrogen) atoms. The first kappa shape index (κ1) is 16.9. The lowest BCUT2D eigenvalue weighted by atomic mass is 9.85. The molecule has 1 saturated heterocycles. The molecule has 2 aliphatic rings. The van der Waals surface area contributed by atoms with Gasteiger partial charge in [-0.25, -0.2) is 13.1 Å². The predicted molar refractivity (Wildman–Crippen MR) is 86.4 cm³/mol. The third kappa shape index (κ3) is 3.93. The first-order chi connectivity index (χ1) is 11.1. The Balaban J connectivity index is 1.70. The lowest BCUT2D eigenvalue weighted by Crippen LogP contribution is -2.44. The number of hydrogen-bond acceptors (Lipinski definition) is 5. The number of sulfonamides is 1. The summed E-state index contributed by atoms with van der Waals surface area (Å²) in [5.41, 5.74) is 5.79. The topological polar surface area (TPSA) is 99.2 Å². The number of ether oxygens (including phenoxy) is 1. The van der Waals surface area contributed by atoms with Gasteiger partial charge >= 0.3 is 0 Å². The summed E-state index contributed by atoms with van der Waals surface area (Å²) in [7, 11) is -3.54. The molecule has 1 aliphatic heterocycles. The zero-order valence-corrected chi connectivity index (χ0v) is 14.2. The third-order valence-electron chi connectivity index (χ3n) is 4.97. The van der Waals surface area contributed by atoms with Crippen molar-refractivity contribution in [2.75, 3.05) is 19.8 Å². The Morgan fingerprint density at radius 1 is 1.26 bits per heavy atom. The smallest absolute Gasteiger partial charge is 0.243 e. The fourth-order valence-corrected chi connectivity index (χ4v) is 4.80. The molecule has 8 heteroatoms. The fraction of sp³-hybridized carbons (Fsp3) is 0.800. The molecule has 0 unspecified atom stereocenters. The number of rotatable bonds is 5. The molecule has 3 N–H and O–H groups in total. The molecule has 0 radical (unpaired) electrons. The molecular weight excluding hydrogens is 316 g/mol. The van der Waals surface area contributed by atoms with Gasteiger partial charge in [0.15, 0.2) is 0 Å². The van der Waals surface area contributed by atoms with E-state index in [0.29, 0.717) is 19.8 Å². The number of nitrogens with two attached hydrogens (primary N) is 1. The zero-order valence-electron chi connectivity index (χ0n) is 13.4. The molecular formula is C15H26N4O3S. The molecule has 1 aromatic rings. The van der Waals surface area contributed by atoms with Gasteiger partial charge in [-0.2, -0.15) is 5.10 Å². The highest BCUT2D eigenvalue weighted by Crippen LogP contribution is 2.26. The van der Waals surface area contributed by atoms with Crippen LogP contribution in [0, 0.1) is 5.92 Å². The van der Waals surface area contributed by atoms with Crippen LogP contribution in [0.15, 0.2) is 17.3 Å². The summed E-state index contributed by atoms with van der Waals surface area (Å²) in [4.78, 5) is 0.241. The van der Waals surface area contributed by atoms with Crippen molar-refractivity contribution in [3.63, 3.8) is 0 Å². The van der Waals surface area contributed by atoms with E-state index in [1.807, 2.05) is 0 Å². The van der Waals surface area contributed by atoms with Crippen molar-refractivity contribution in [1.29, 1.82) is 0 Å². The van der Waals surface area contributed by atoms with E-state index in [4.69, 9.17) is 10.5 Å². The lowest BCUT2D eigenvalue weighted by molar-refractivity contribution is 0.0662. The molecule has 1 saturated carbocycles. The summed E-state index contributed by atoms with van der Waals surface area (Å²) < 4.78 is 35.2. The molecule has 130 valence electrons. The van der Waals surface area contributed by atoms with E-state index in [9.17, 15) is 8.42 Å². The monoisotopic (exact) mass is 342 g/mol. The van der Waals surface area contributed by atoms with Gasteiger partial charge in [-0.3, -0.25) is 4.68 Å². The van der Waals surface area contributed by atoms with Crippen molar-refractivity contribution in [3.05, 3.63) is 12.4 Å². The molecule has 7 nitrogen and oxygen atoms in total. The van der Waals surface area contributed by atoms with Crippen LogP contribution in [0.4, 0.5) is 0 Å². The molecule has 0 aromatic carbocycles. The van der Waals surface area contributed by atoms with E-state index < -0.39 is 10.0 Å². The fourth-order valence-electron chi connectivity index (χ4n) is 3.52. The lowest BCUT2D eigenvalue weighted by Gasteiger charge is -2.30. The average molecular weight is 342 g/mol. The predicted octanol–water partition coefficient (Wildman–Crippen LogP) is 1.03. The van der Waals surface area contributed by atoms with E-state index >= 15 is 0 Å². The van der Waals surface area contributed by atoms with Crippen LogP contribution in [0.25, 0.3) is 0 Å². The number of nitrogens with zero attached hydrogens (tertiary/aromatic N) is 2. The first-order valence-corrected chi connectivity index (χ1v) is 9.93. The van der Waals surface area contributed by atoms with Crippen LogP contribution in [0.2, 0.25) is 0 Å². The van der Waals surface area contributed by atoms with Crippen LogP contribution in [-0.4, -0.2) is 44.0 Å². The SMILES string of the molecule is NC[C@@H]1CCCC[C@@H]1NS(=O)(=O)c1cnn(C2CCOCC2)c1. The van der Waals surface area contributed by atoms with E-state index in [1.54, 1.807) is 10.9 Å². The number of aromatic nitrogens is 2. The summed E-state index contributed by atoms with van der Waals surface area (Å²) in [6.07, 6.45) is 8.84. The average Bonchev–Trinajstić information content (AvgIpc) is 3.07. The van der Waals surface area contributed by atoms with Gasteiger partial charge in [-0.05, 0) is 38.1 Å². The van der Waals surface area contributed by atoms with Gasteiger partial charge in [0.25, 0.3) is 0 Å². The van der Waals surface area contributed by atoms with Crippen molar-refractivity contribution in [2.24, 2.45) is 11.7 Å².